The number of carbonyl (C=O) groups is 1. The highest BCUT2D eigenvalue weighted by Gasteiger charge is 2.32. The molecule has 2 rings (SSSR count). The van der Waals surface area contributed by atoms with Crippen LogP contribution in [0.4, 0.5) is 0 Å². The number of esters is 1. The fraction of sp³-hybridized carbons (Fsp3) is 0.471. The van der Waals surface area contributed by atoms with Gasteiger partial charge in [-0.25, -0.2) is 4.79 Å². The van der Waals surface area contributed by atoms with Crippen LogP contribution in [0, 0.1) is 5.92 Å². The smallest absolute Gasteiger partial charge is 0.338 e. The second-order valence-corrected chi connectivity index (χ2v) is 5.61. The molecule has 3 atom stereocenters. The van der Waals surface area contributed by atoms with Gasteiger partial charge in [0.1, 0.15) is 6.10 Å². The van der Waals surface area contributed by atoms with Crippen molar-refractivity contribution in [2.45, 2.75) is 32.4 Å². The van der Waals surface area contributed by atoms with Crippen molar-refractivity contribution in [1.29, 1.82) is 0 Å². The maximum Gasteiger partial charge on any atom is 0.338 e. The molecule has 20 heavy (non-hydrogen) atoms. The quantitative estimate of drug-likeness (QED) is 0.623. The average molecular weight is 273 g/mol. The van der Waals surface area contributed by atoms with Crippen molar-refractivity contribution in [2.24, 2.45) is 5.92 Å². The van der Waals surface area contributed by atoms with E-state index in [2.05, 4.69) is 25.3 Å². The van der Waals surface area contributed by atoms with Crippen LogP contribution in [-0.2, 0) is 4.74 Å². The van der Waals surface area contributed by atoms with Gasteiger partial charge in [0, 0.05) is 31.5 Å². The maximum atomic E-state index is 12.1. The molecule has 0 saturated carbocycles. The molecule has 1 heterocycles. The minimum absolute atomic E-state index is 0.00114. The van der Waals surface area contributed by atoms with Crippen LogP contribution in [0.2, 0.25) is 0 Å². The topological polar surface area (TPSA) is 29.5 Å². The van der Waals surface area contributed by atoms with Gasteiger partial charge in [0.05, 0.1) is 5.56 Å². The van der Waals surface area contributed by atoms with Gasteiger partial charge in [0.2, 0.25) is 0 Å². The minimum Gasteiger partial charge on any atom is -0.458 e. The molecule has 1 saturated heterocycles. The van der Waals surface area contributed by atoms with Gasteiger partial charge < -0.3 is 4.74 Å². The van der Waals surface area contributed by atoms with Gasteiger partial charge in [-0.05, 0) is 19.1 Å². The zero-order chi connectivity index (χ0) is 14.5. The van der Waals surface area contributed by atoms with Crippen LogP contribution in [0.25, 0.3) is 0 Å². The Labute approximate surface area is 121 Å². The third kappa shape index (κ3) is 3.48. The Balaban J connectivity index is 1.97. The number of nitrogens with zero attached hydrogens (tertiary/aromatic N) is 1. The molecule has 3 nitrogen and oxygen atoms in total. The standard InChI is InChI=1S/C17H23NO2/c1-4-10-18-12-13(2)16(11-14(18)3)20-17(19)15-8-6-5-7-9-15/h4-9,13-14,16H,1,10-12H2,2-3H3/t13-,14+,16-/m1/s1. The maximum absolute atomic E-state index is 12.1. The molecule has 0 radical (unpaired) electrons. The number of ether oxygens (including phenoxy) is 1. The molecular formula is C17H23NO2. The molecule has 3 heteroatoms. The lowest BCUT2D eigenvalue weighted by Crippen LogP contribution is -2.48. The third-order valence-electron chi connectivity index (χ3n) is 3.99. The molecule has 1 aromatic carbocycles. The Morgan fingerprint density at radius 1 is 1.40 bits per heavy atom. The number of carbonyl (C=O) groups excluding carboxylic acids is 1. The zero-order valence-corrected chi connectivity index (χ0v) is 12.3. The van der Waals surface area contributed by atoms with E-state index < -0.39 is 0 Å². The first-order chi connectivity index (χ1) is 9.61. The van der Waals surface area contributed by atoms with E-state index in [1.165, 1.54) is 0 Å². The highest BCUT2D eigenvalue weighted by molar-refractivity contribution is 5.89. The van der Waals surface area contributed by atoms with Gasteiger partial charge in [0.25, 0.3) is 0 Å². The molecule has 0 spiro atoms. The number of hydrogen-bond acceptors (Lipinski definition) is 3. The lowest BCUT2D eigenvalue weighted by molar-refractivity contribution is -0.0228. The number of hydrogen-bond donors (Lipinski definition) is 0. The van der Waals surface area contributed by atoms with Crippen molar-refractivity contribution >= 4 is 5.97 Å². The number of rotatable bonds is 4. The molecule has 1 aliphatic heterocycles. The SMILES string of the molecule is C=CCN1C[C@@H](C)[C@H](OC(=O)c2ccccc2)C[C@@H]1C. The van der Waals surface area contributed by atoms with Crippen LogP contribution >= 0.6 is 0 Å². The molecule has 1 fully saturated rings. The van der Waals surface area contributed by atoms with Gasteiger partial charge in [-0.3, -0.25) is 4.90 Å². The van der Waals surface area contributed by atoms with Gasteiger partial charge in [-0.2, -0.15) is 0 Å². The molecular weight excluding hydrogens is 250 g/mol. The first kappa shape index (κ1) is 14.8. The van der Waals surface area contributed by atoms with Crippen LogP contribution in [0.1, 0.15) is 30.6 Å². The van der Waals surface area contributed by atoms with E-state index in [-0.39, 0.29) is 12.1 Å². The highest BCUT2D eigenvalue weighted by Crippen LogP contribution is 2.25. The molecule has 108 valence electrons. The lowest BCUT2D eigenvalue weighted by atomic mass is 9.91. The van der Waals surface area contributed by atoms with E-state index in [0.29, 0.717) is 17.5 Å². The van der Waals surface area contributed by atoms with Gasteiger partial charge in [0.15, 0.2) is 0 Å². The van der Waals surface area contributed by atoms with Gasteiger partial charge in [-0.15, -0.1) is 6.58 Å². The Hall–Kier alpha value is -1.61. The molecule has 0 unspecified atom stereocenters. The summed E-state index contributed by atoms with van der Waals surface area (Å²) in [4.78, 5) is 14.5. The molecule has 1 aromatic rings. The van der Waals surface area contributed by atoms with Gasteiger partial charge in [-0.1, -0.05) is 31.2 Å². The zero-order valence-electron chi connectivity index (χ0n) is 12.3. The Morgan fingerprint density at radius 2 is 2.10 bits per heavy atom. The molecule has 0 N–H and O–H groups in total. The van der Waals surface area contributed by atoms with E-state index in [1.807, 2.05) is 24.3 Å². The predicted octanol–water partition coefficient (Wildman–Crippen LogP) is 3.13. The van der Waals surface area contributed by atoms with Crippen molar-refractivity contribution in [3.63, 3.8) is 0 Å². The molecule has 0 aromatic heterocycles. The Kier molecular flexibility index (Phi) is 4.96. The van der Waals surface area contributed by atoms with E-state index in [0.717, 1.165) is 19.5 Å². The average Bonchev–Trinajstić information content (AvgIpc) is 2.45. The van der Waals surface area contributed by atoms with Gasteiger partial charge >= 0.3 is 5.97 Å². The molecule has 1 aliphatic rings. The second-order valence-electron chi connectivity index (χ2n) is 5.61. The van der Waals surface area contributed by atoms with E-state index in [4.69, 9.17) is 4.74 Å². The minimum atomic E-state index is -0.216. The number of piperidine rings is 1. The molecule has 0 amide bonds. The second kappa shape index (κ2) is 6.71. The van der Waals surface area contributed by atoms with Crippen LogP contribution in [0.5, 0.6) is 0 Å². The number of likely N-dealkylation sites (tertiary alicyclic amines) is 1. The van der Waals surface area contributed by atoms with Crippen molar-refractivity contribution < 1.29 is 9.53 Å². The van der Waals surface area contributed by atoms with Crippen molar-refractivity contribution in [2.75, 3.05) is 13.1 Å². The summed E-state index contributed by atoms with van der Waals surface area (Å²) < 4.78 is 5.70. The fourth-order valence-electron chi connectivity index (χ4n) is 2.75. The van der Waals surface area contributed by atoms with Crippen LogP contribution < -0.4 is 0 Å². The Morgan fingerprint density at radius 3 is 2.75 bits per heavy atom. The summed E-state index contributed by atoms with van der Waals surface area (Å²) in [5.41, 5.74) is 0.626. The summed E-state index contributed by atoms with van der Waals surface area (Å²) in [5, 5.41) is 0. The van der Waals surface area contributed by atoms with Crippen molar-refractivity contribution in [3.8, 4) is 0 Å². The summed E-state index contributed by atoms with van der Waals surface area (Å²) in [7, 11) is 0. The normalized spacial score (nSPS) is 27.0. The van der Waals surface area contributed by atoms with Crippen LogP contribution in [0.15, 0.2) is 43.0 Å². The lowest BCUT2D eigenvalue weighted by Gasteiger charge is -2.40. The first-order valence-corrected chi connectivity index (χ1v) is 7.22. The third-order valence-corrected chi connectivity index (χ3v) is 3.99. The highest BCUT2D eigenvalue weighted by atomic mass is 16.5. The van der Waals surface area contributed by atoms with E-state index >= 15 is 0 Å². The number of benzene rings is 1. The van der Waals surface area contributed by atoms with E-state index in [1.54, 1.807) is 12.1 Å². The summed E-state index contributed by atoms with van der Waals surface area (Å²) >= 11 is 0. The predicted molar refractivity (Wildman–Crippen MR) is 80.7 cm³/mol. The monoisotopic (exact) mass is 273 g/mol. The summed E-state index contributed by atoms with van der Waals surface area (Å²) in [5.74, 6) is 0.130. The van der Waals surface area contributed by atoms with Crippen molar-refractivity contribution in [3.05, 3.63) is 48.6 Å². The van der Waals surface area contributed by atoms with E-state index in [9.17, 15) is 4.79 Å². The van der Waals surface area contributed by atoms with Crippen LogP contribution in [0.3, 0.4) is 0 Å². The molecule has 0 bridgehead atoms. The fourth-order valence-corrected chi connectivity index (χ4v) is 2.75. The Bertz CT molecular complexity index is 457. The van der Waals surface area contributed by atoms with Crippen molar-refractivity contribution in [1.82, 2.24) is 4.90 Å². The summed E-state index contributed by atoms with van der Waals surface area (Å²) in [6.45, 7) is 9.96. The van der Waals surface area contributed by atoms with Crippen LogP contribution in [-0.4, -0.2) is 36.1 Å². The largest absolute Gasteiger partial charge is 0.458 e. The molecule has 0 aliphatic carbocycles. The summed E-state index contributed by atoms with van der Waals surface area (Å²) in [6, 6.07) is 9.62. The summed E-state index contributed by atoms with van der Waals surface area (Å²) in [6.07, 6.45) is 2.81. The first-order valence-electron chi connectivity index (χ1n) is 7.22.